The number of tetrazole rings is 1. The van der Waals surface area contributed by atoms with Crippen molar-refractivity contribution in [3.63, 3.8) is 0 Å². The van der Waals surface area contributed by atoms with Crippen LogP contribution in [0.4, 0.5) is 0 Å². The van der Waals surface area contributed by atoms with Gasteiger partial charge in [-0.25, -0.2) is 0 Å². The molecule has 0 unspecified atom stereocenters. The summed E-state index contributed by atoms with van der Waals surface area (Å²) in [6, 6.07) is 12.4. The molecule has 2 aromatic heterocycles. The summed E-state index contributed by atoms with van der Waals surface area (Å²) in [7, 11) is 0. The van der Waals surface area contributed by atoms with Crippen molar-refractivity contribution in [2.75, 3.05) is 0 Å². The largest absolute Gasteiger partial charge is 0.487 e. The van der Waals surface area contributed by atoms with Gasteiger partial charge in [-0.15, -0.1) is 0 Å². The first-order chi connectivity index (χ1) is 9.92. The second kappa shape index (κ2) is 3.55. The number of aromatic nitrogens is 4. The first-order valence-electron chi connectivity index (χ1n) is 6.26. The predicted octanol–water partition coefficient (Wildman–Crippen LogP) is 2.90. The summed E-state index contributed by atoms with van der Waals surface area (Å²) in [6.45, 7) is 0.562. The Morgan fingerprint density at radius 3 is 3.10 bits per heavy atom. The van der Waals surface area contributed by atoms with Crippen LogP contribution in [0.5, 0.6) is 5.75 Å². The lowest BCUT2D eigenvalue weighted by molar-refractivity contribution is 0.309. The van der Waals surface area contributed by atoms with Crippen LogP contribution in [0.1, 0.15) is 4.88 Å². The van der Waals surface area contributed by atoms with E-state index in [0.29, 0.717) is 6.61 Å². The van der Waals surface area contributed by atoms with Crippen molar-refractivity contribution in [1.82, 2.24) is 20.0 Å². The second-order valence-electron chi connectivity index (χ2n) is 4.70. The summed E-state index contributed by atoms with van der Waals surface area (Å²) in [5.74, 6) is 0.922. The zero-order valence-electron chi connectivity index (χ0n) is 10.3. The number of nitrogens with zero attached hydrogens (tertiary/aromatic N) is 4. The van der Waals surface area contributed by atoms with Gasteiger partial charge in [0.2, 0.25) is 4.96 Å². The summed E-state index contributed by atoms with van der Waals surface area (Å²) in [6.07, 6.45) is 0. The minimum absolute atomic E-state index is 0.562. The van der Waals surface area contributed by atoms with Gasteiger partial charge in [0.15, 0.2) is 0 Å². The Kier molecular flexibility index (Phi) is 1.83. The molecule has 0 saturated heterocycles. The Bertz CT molecular complexity index is 972. The number of hydrogen-bond acceptors (Lipinski definition) is 5. The van der Waals surface area contributed by atoms with Gasteiger partial charge in [0.05, 0.1) is 10.6 Å². The van der Waals surface area contributed by atoms with E-state index >= 15 is 0 Å². The fraction of sp³-hybridized carbons (Fsp3) is 0.0714. The highest BCUT2D eigenvalue weighted by Gasteiger charge is 2.25. The third kappa shape index (κ3) is 1.19. The Morgan fingerprint density at radius 1 is 1.15 bits per heavy atom. The van der Waals surface area contributed by atoms with Crippen molar-refractivity contribution < 1.29 is 4.74 Å². The fourth-order valence-corrected chi connectivity index (χ4v) is 3.67. The van der Waals surface area contributed by atoms with E-state index in [1.54, 1.807) is 15.9 Å². The molecule has 0 saturated carbocycles. The highest BCUT2D eigenvalue weighted by Crippen LogP contribution is 2.44. The van der Waals surface area contributed by atoms with Gasteiger partial charge in [-0.2, -0.15) is 4.52 Å². The number of hydrogen-bond donors (Lipinski definition) is 0. The van der Waals surface area contributed by atoms with Crippen molar-refractivity contribution in [2.45, 2.75) is 6.61 Å². The maximum absolute atomic E-state index is 5.98. The smallest absolute Gasteiger partial charge is 0.235 e. The molecular weight excluding hydrogens is 272 g/mol. The average Bonchev–Trinajstić information content (AvgIpc) is 3.06. The van der Waals surface area contributed by atoms with Gasteiger partial charge in [0.1, 0.15) is 12.4 Å². The standard InChI is InChI=1S/C14H8N4OS/c1-2-4-9-8(3-1)5-6-10-12-11(7-19-13(9)10)20-14-15-16-17-18(12)14/h1-6H,7H2. The van der Waals surface area contributed by atoms with E-state index in [0.717, 1.165) is 32.2 Å². The SMILES string of the molecule is c1ccc2c3c(ccc2c1)-c1c(sc2nnnn12)CO3. The van der Waals surface area contributed by atoms with Gasteiger partial charge < -0.3 is 4.74 Å². The molecular formula is C14H8N4OS. The summed E-state index contributed by atoms with van der Waals surface area (Å²) < 4.78 is 7.78. The van der Waals surface area contributed by atoms with Gasteiger partial charge in [0, 0.05) is 10.9 Å². The van der Waals surface area contributed by atoms with Gasteiger partial charge in [-0.05, 0) is 21.9 Å². The van der Waals surface area contributed by atoms with Gasteiger partial charge in [0.25, 0.3) is 0 Å². The van der Waals surface area contributed by atoms with Crippen molar-refractivity contribution in [1.29, 1.82) is 0 Å². The van der Waals surface area contributed by atoms with Gasteiger partial charge >= 0.3 is 0 Å². The van der Waals surface area contributed by atoms with Gasteiger partial charge in [-0.1, -0.05) is 46.8 Å². The van der Waals surface area contributed by atoms with Crippen LogP contribution in [0.15, 0.2) is 36.4 Å². The summed E-state index contributed by atoms with van der Waals surface area (Å²) >= 11 is 1.58. The molecule has 20 heavy (non-hydrogen) atoms. The lowest BCUT2D eigenvalue weighted by Crippen LogP contribution is -2.06. The summed E-state index contributed by atoms with van der Waals surface area (Å²) in [5, 5.41) is 14.1. The first-order valence-corrected chi connectivity index (χ1v) is 7.08. The molecule has 0 bridgehead atoms. The molecule has 0 radical (unpaired) electrons. The van der Waals surface area contributed by atoms with Gasteiger partial charge in [-0.3, -0.25) is 0 Å². The first kappa shape index (κ1) is 10.3. The molecule has 1 aliphatic rings. The molecule has 3 heterocycles. The molecule has 96 valence electrons. The molecule has 0 spiro atoms. The van der Waals surface area contributed by atoms with E-state index in [-0.39, 0.29) is 0 Å². The molecule has 4 aromatic rings. The zero-order chi connectivity index (χ0) is 13.1. The van der Waals surface area contributed by atoms with E-state index in [1.807, 2.05) is 12.1 Å². The monoisotopic (exact) mass is 280 g/mol. The Hall–Kier alpha value is -2.47. The average molecular weight is 280 g/mol. The Morgan fingerprint density at radius 2 is 2.10 bits per heavy atom. The van der Waals surface area contributed by atoms with Crippen LogP contribution in [-0.2, 0) is 6.61 Å². The molecule has 0 aliphatic carbocycles. The third-order valence-electron chi connectivity index (χ3n) is 3.61. The van der Waals surface area contributed by atoms with Crippen molar-refractivity contribution >= 4 is 27.1 Å². The molecule has 6 heteroatoms. The van der Waals surface area contributed by atoms with Crippen LogP contribution in [0.3, 0.4) is 0 Å². The quantitative estimate of drug-likeness (QED) is 0.497. The van der Waals surface area contributed by atoms with E-state index < -0.39 is 0 Å². The van der Waals surface area contributed by atoms with Crippen LogP contribution < -0.4 is 4.74 Å². The topological polar surface area (TPSA) is 52.3 Å². The van der Waals surface area contributed by atoms with Crippen LogP contribution in [0.25, 0.3) is 27.0 Å². The second-order valence-corrected chi connectivity index (χ2v) is 5.76. The van der Waals surface area contributed by atoms with Crippen molar-refractivity contribution in [2.24, 2.45) is 0 Å². The summed E-state index contributed by atoms with van der Waals surface area (Å²) in [4.78, 5) is 1.95. The van der Waals surface area contributed by atoms with Crippen LogP contribution in [0.2, 0.25) is 0 Å². The van der Waals surface area contributed by atoms with E-state index in [2.05, 4.69) is 39.8 Å². The molecule has 1 aliphatic heterocycles. The summed E-state index contributed by atoms with van der Waals surface area (Å²) in [5.41, 5.74) is 2.12. The molecule has 5 rings (SSSR count). The minimum Gasteiger partial charge on any atom is -0.487 e. The normalized spacial score (nSPS) is 13.2. The molecule has 5 nitrogen and oxygen atoms in total. The van der Waals surface area contributed by atoms with E-state index in [4.69, 9.17) is 4.74 Å². The van der Waals surface area contributed by atoms with Crippen molar-refractivity contribution in [3.8, 4) is 17.0 Å². The molecule has 0 amide bonds. The Labute approximate surface area is 117 Å². The van der Waals surface area contributed by atoms with Crippen LogP contribution in [0, 0.1) is 0 Å². The third-order valence-corrected chi connectivity index (χ3v) is 4.61. The molecule has 0 atom stereocenters. The number of benzene rings is 2. The number of thiazole rings is 1. The highest BCUT2D eigenvalue weighted by molar-refractivity contribution is 7.17. The zero-order valence-corrected chi connectivity index (χ0v) is 11.1. The maximum atomic E-state index is 5.98. The fourth-order valence-electron chi connectivity index (χ4n) is 2.74. The Balaban J connectivity index is 1.94. The van der Waals surface area contributed by atoms with Crippen LogP contribution in [-0.4, -0.2) is 20.0 Å². The number of ether oxygens (including phenoxy) is 1. The molecule has 0 N–H and O–H groups in total. The minimum atomic E-state index is 0.562. The maximum Gasteiger partial charge on any atom is 0.235 e. The number of fused-ring (bicyclic) bond motifs is 7. The lowest BCUT2D eigenvalue weighted by atomic mass is 10.0. The van der Waals surface area contributed by atoms with Crippen LogP contribution >= 0.6 is 11.3 Å². The predicted molar refractivity (Wildman–Crippen MR) is 75.9 cm³/mol. The van der Waals surface area contributed by atoms with Crippen molar-refractivity contribution in [3.05, 3.63) is 41.3 Å². The van der Waals surface area contributed by atoms with E-state index in [9.17, 15) is 0 Å². The molecule has 0 fully saturated rings. The van der Waals surface area contributed by atoms with E-state index in [1.165, 1.54) is 5.39 Å². The highest BCUT2D eigenvalue weighted by atomic mass is 32.1. The number of rotatable bonds is 0. The molecule has 2 aromatic carbocycles. The lowest BCUT2D eigenvalue weighted by Gasteiger charge is -2.19.